The van der Waals surface area contributed by atoms with Gasteiger partial charge in [-0.05, 0) is 30.0 Å². The van der Waals surface area contributed by atoms with Crippen molar-refractivity contribution in [1.29, 1.82) is 0 Å². The van der Waals surface area contributed by atoms with E-state index in [9.17, 15) is 5.11 Å². The van der Waals surface area contributed by atoms with Gasteiger partial charge in [-0.15, -0.1) is 0 Å². The van der Waals surface area contributed by atoms with E-state index in [1.165, 1.54) is 12.1 Å². The molecule has 0 aliphatic carbocycles. The van der Waals surface area contributed by atoms with Crippen molar-refractivity contribution in [3.63, 3.8) is 0 Å². The molecular formula is C15H25NO. The molecule has 0 aliphatic heterocycles. The molecule has 1 rings (SSSR count). The fraction of sp³-hybridized carbons (Fsp3) is 0.600. The van der Waals surface area contributed by atoms with E-state index in [1.54, 1.807) is 0 Å². The second-order valence-electron chi connectivity index (χ2n) is 5.33. The molecule has 0 saturated carbocycles. The van der Waals surface area contributed by atoms with Crippen molar-refractivity contribution in [2.75, 3.05) is 19.0 Å². The normalized spacial score (nSPS) is 12.8. The highest BCUT2D eigenvalue weighted by Crippen LogP contribution is 2.22. The van der Waals surface area contributed by atoms with Crippen molar-refractivity contribution in [1.82, 2.24) is 0 Å². The molecule has 1 aromatic rings. The Kier molecular flexibility index (Phi) is 5.49. The molecule has 0 amide bonds. The minimum Gasteiger partial charge on any atom is -0.388 e. The van der Waals surface area contributed by atoms with Crippen molar-refractivity contribution >= 4 is 5.69 Å². The van der Waals surface area contributed by atoms with Gasteiger partial charge in [0.1, 0.15) is 0 Å². The molecule has 1 atom stereocenters. The van der Waals surface area contributed by atoms with E-state index in [1.807, 2.05) is 26.2 Å². The minimum absolute atomic E-state index is 0.315. The van der Waals surface area contributed by atoms with Gasteiger partial charge in [0, 0.05) is 19.8 Å². The van der Waals surface area contributed by atoms with Crippen LogP contribution < -0.4 is 4.90 Å². The van der Waals surface area contributed by atoms with Crippen LogP contribution in [-0.2, 0) is 0 Å². The highest BCUT2D eigenvalue weighted by atomic mass is 16.3. The first-order chi connectivity index (χ1) is 8.00. The van der Waals surface area contributed by atoms with Gasteiger partial charge in [-0.2, -0.15) is 0 Å². The number of hydrogen-bond donors (Lipinski definition) is 1. The van der Waals surface area contributed by atoms with Crippen molar-refractivity contribution in [3.8, 4) is 0 Å². The highest BCUT2D eigenvalue weighted by Gasteiger charge is 2.07. The quantitative estimate of drug-likeness (QED) is 0.814. The molecule has 0 bridgehead atoms. The highest BCUT2D eigenvalue weighted by molar-refractivity contribution is 5.46. The number of aliphatic hydroxyl groups excluding tert-OH is 1. The third kappa shape index (κ3) is 4.78. The predicted molar refractivity (Wildman–Crippen MR) is 74.4 cm³/mol. The molecule has 0 spiro atoms. The van der Waals surface area contributed by atoms with Gasteiger partial charge < -0.3 is 10.0 Å². The summed E-state index contributed by atoms with van der Waals surface area (Å²) in [6, 6.07) is 8.16. The Labute approximate surface area is 105 Å². The van der Waals surface area contributed by atoms with Crippen LogP contribution in [0.4, 0.5) is 5.69 Å². The number of anilines is 1. The average Bonchev–Trinajstić information content (AvgIpc) is 2.28. The molecular weight excluding hydrogens is 210 g/mol. The molecule has 1 N–H and O–H groups in total. The molecule has 0 fully saturated rings. The molecule has 0 saturated heterocycles. The summed E-state index contributed by atoms with van der Waals surface area (Å²) in [5, 5.41) is 10.0. The van der Waals surface area contributed by atoms with Gasteiger partial charge in [-0.1, -0.05) is 38.8 Å². The molecule has 1 aromatic carbocycles. The van der Waals surface area contributed by atoms with Crippen LogP contribution >= 0.6 is 0 Å². The smallest absolute Gasteiger partial charge is 0.0790 e. The minimum atomic E-state index is -0.315. The molecule has 0 heterocycles. The first kappa shape index (κ1) is 14.0. The van der Waals surface area contributed by atoms with Gasteiger partial charge in [-0.3, -0.25) is 0 Å². The summed E-state index contributed by atoms with van der Waals surface area (Å²) in [5.41, 5.74) is 2.20. The SMILES string of the molecule is CC(C)CCCC(O)c1ccc(N(C)C)cc1. The van der Waals surface area contributed by atoms with Crippen LogP contribution in [0.3, 0.4) is 0 Å². The summed E-state index contributed by atoms with van der Waals surface area (Å²) in [7, 11) is 4.04. The van der Waals surface area contributed by atoms with Crippen LogP contribution in [0.15, 0.2) is 24.3 Å². The lowest BCUT2D eigenvalue weighted by Gasteiger charge is -2.15. The lowest BCUT2D eigenvalue weighted by atomic mass is 10.00. The number of benzene rings is 1. The van der Waals surface area contributed by atoms with Gasteiger partial charge in [0.15, 0.2) is 0 Å². The Morgan fingerprint density at radius 1 is 1.06 bits per heavy atom. The Bertz CT molecular complexity index is 316. The van der Waals surface area contributed by atoms with E-state index in [4.69, 9.17) is 0 Å². The van der Waals surface area contributed by atoms with Gasteiger partial charge in [0.2, 0.25) is 0 Å². The third-order valence-electron chi connectivity index (χ3n) is 3.05. The number of nitrogens with zero attached hydrogens (tertiary/aromatic N) is 1. The lowest BCUT2D eigenvalue weighted by Crippen LogP contribution is -2.08. The van der Waals surface area contributed by atoms with Crippen molar-refractivity contribution in [2.45, 2.75) is 39.2 Å². The van der Waals surface area contributed by atoms with E-state index in [2.05, 4.69) is 30.9 Å². The largest absolute Gasteiger partial charge is 0.388 e. The molecule has 1 unspecified atom stereocenters. The van der Waals surface area contributed by atoms with Crippen LogP contribution in [0.1, 0.15) is 44.8 Å². The van der Waals surface area contributed by atoms with Crippen LogP contribution in [0.5, 0.6) is 0 Å². The van der Waals surface area contributed by atoms with Gasteiger partial charge in [0.05, 0.1) is 6.10 Å². The number of rotatable bonds is 6. The van der Waals surface area contributed by atoms with E-state index in [0.717, 1.165) is 24.3 Å². The Morgan fingerprint density at radius 3 is 2.12 bits per heavy atom. The van der Waals surface area contributed by atoms with E-state index in [0.29, 0.717) is 0 Å². The fourth-order valence-corrected chi connectivity index (χ4v) is 1.88. The summed E-state index contributed by atoms with van der Waals surface area (Å²) < 4.78 is 0. The van der Waals surface area contributed by atoms with Crippen LogP contribution in [0.2, 0.25) is 0 Å². The standard InChI is InChI=1S/C15H25NO/c1-12(2)6-5-7-15(17)13-8-10-14(11-9-13)16(3)4/h8-12,15,17H,5-7H2,1-4H3. The fourth-order valence-electron chi connectivity index (χ4n) is 1.88. The summed E-state index contributed by atoms with van der Waals surface area (Å²) in [5.74, 6) is 0.721. The van der Waals surface area contributed by atoms with E-state index in [-0.39, 0.29) is 6.10 Å². The van der Waals surface area contributed by atoms with E-state index >= 15 is 0 Å². The number of hydrogen-bond acceptors (Lipinski definition) is 2. The lowest BCUT2D eigenvalue weighted by molar-refractivity contribution is 0.162. The van der Waals surface area contributed by atoms with Crippen molar-refractivity contribution in [3.05, 3.63) is 29.8 Å². The van der Waals surface area contributed by atoms with Gasteiger partial charge >= 0.3 is 0 Å². The first-order valence-corrected chi connectivity index (χ1v) is 6.46. The van der Waals surface area contributed by atoms with E-state index < -0.39 is 0 Å². The average molecular weight is 235 g/mol. The Morgan fingerprint density at radius 2 is 1.65 bits per heavy atom. The van der Waals surface area contributed by atoms with Gasteiger partial charge in [-0.25, -0.2) is 0 Å². The molecule has 0 aliphatic rings. The van der Waals surface area contributed by atoms with Gasteiger partial charge in [0.25, 0.3) is 0 Å². The maximum atomic E-state index is 10.0. The van der Waals surface area contributed by atoms with Crippen LogP contribution in [0.25, 0.3) is 0 Å². The maximum absolute atomic E-state index is 10.0. The Hall–Kier alpha value is -1.02. The topological polar surface area (TPSA) is 23.5 Å². The third-order valence-corrected chi connectivity index (χ3v) is 3.05. The van der Waals surface area contributed by atoms with Crippen molar-refractivity contribution < 1.29 is 5.11 Å². The van der Waals surface area contributed by atoms with Crippen LogP contribution in [0, 0.1) is 5.92 Å². The second-order valence-corrected chi connectivity index (χ2v) is 5.33. The Balaban J connectivity index is 2.48. The summed E-state index contributed by atoms with van der Waals surface area (Å²) in [6.07, 6.45) is 2.82. The second kappa shape index (κ2) is 6.65. The maximum Gasteiger partial charge on any atom is 0.0790 e. The molecule has 17 heavy (non-hydrogen) atoms. The molecule has 0 aromatic heterocycles. The zero-order valence-electron chi connectivity index (χ0n) is 11.5. The number of aliphatic hydroxyl groups is 1. The zero-order chi connectivity index (χ0) is 12.8. The zero-order valence-corrected chi connectivity index (χ0v) is 11.5. The first-order valence-electron chi connectivity index (χ1n) is 6.46. The summed E-state index contributed by atoms with van der Waals surface area (Å²) in [6.45, 7) is 4.44. The summed E-state index contributed by atoms with van der Waals surface area (Å²) in [4.78, 5) is 2.06. The van der Waals surface area contributed by atoms with Crippen molar-refractivity contribution in [2.24, 2.45) is 5.92 Å². The molecule has 2 nitrogen and oxygen atoms in total. The van der Waals surface area contributed by atoms with Crippen LogP contribution in [-0.4, -0.2) is 19.2 Å². The monoisotopic (exact) mass is 235 g/mol. The molecule has 96 valence electrons. The summed E-state index contributed by atoms with van der Waals surface area (Å²) >= 11 is 0. The molecule has 2 heteroatoms. The predicted octanol–water partition coefficient (Wildman–Crippen LogP) is 3.61. The molecule has 0 radical (unpaired) electrons.